The number of aryl methyl sites for hydroxylation is 1. The van der Waals surface area contributed by atoms with Gasteiger partial charge < -0.3 is 45.2 Å². The van der Waals surface area contributed by atoms with Crippen molar-refractivity contribution in [1.82, 2.24) is 39.9 Å². The van der Waals surface area contributed by atoms with Crippen LogP contribution < -0.4 is 25.6 Å². The van der Waals surface area contributed by atoms with Crippen LogP contribution in [0.2, 0.25) is 5.02 Å². The van der Waals surface area contributed by atoms with Crippen molar-refractivity contribution < 1.29 is 63.8 Å². The van der Waals surface area contributed by atoms with Crippen LogP contribution in [-0.4, -0.2) is 211 Å². The minimum atomic E-state index is -6.16. The molecule has 5 atom stereocenters. The summed E-state index contributed by atoms with van der Waals surface area (Å²) in [5.74, 6) is -2.20. The number of aliphatic hydroxyl groups excluding tert-OH is 1. The van der Waals surface area contributed by atoms with Crippen LogP contribution in [0.4, 0.5) is 24.5 Å². The number of anilines is 2. The number of β-amino-alcohol motifs (C(OH)–C–C–N with tert-alkyl or cyclic N) is 1. The molecule has 1 aromatic heterocycles. The molecular formula is C76H96ClF3N10O11S4. The Bertz CT molecular complexity index is 4230. The van der Waals surface area contributed by atoms with E-state index < -0.39 is 100 Å². The maximum Gasteiger partial charge on any atom is 0.501 e. The van der Waals surface area contributed by atoms with Gasteiger partial charge in [0, 0.05) is 118 Å². The molecule has 0 bridgehead atoms. The molecule has 21 nitrogen and oxygen atoms in total. The number of nitrogens with zero attached hydrogens (tertiary/aromatic N) is 6. The summed E-state index contributed by atoms with van der Waals surface area (Å²) in [5, 5.41) is 20.3. The van der Waals surface area contributed by atoms with Gasteiger partial charge in [0.1, 0.15) is 23.6 Å². The molecule has 0 unspecified atom stereocenters. The quantitative estimate of drug-likeness (QED) is 0.0208. The summed E-state index contributed by atoms with van der Waals surface area (Å²) in [7, 11) is -11.1. The Morgan fingerprint density at radius 2 is 1.44 bits per heavy atom. The number of carbonyl (C=O) groups excluding carboxylic acids is 4. The predicted octanol–water partition coefficient (Wildman–Crippen LogP) is 11.0. The summed E-state index contributed by atoms with van der Waals surface area (Å²) < 4.78 is 112. The summed E-state index contributed by atoms with van der Waals surface area (Å²) in [6.45, 7) is 21.6. The van der Waals surface area contributed by atoms with E-state index in [9.17, 15) is 54.3 Å². The van der Waals surface area contributed by atoms with E-state index in [-0.39, 0.29) is 43.8 Å². The zero-order valence-electron chi connectivity index (χ0n) is 60.4. The third-order valence-corrected chi connectivity index (χ3v) is 25.0. The van der Waals surface area contributed by atoms with Gasteiger partial charge in [-0.1, -0.05) is 106 Å². The molecule has 5 N–H and O–H groups in total. The van der Waals surface area contributed by atoms with Crippen molar-refractivity contribution in [2.75, 3.05) is 121 Å². The number of piperazine rings is 2. The highest BCUT2D eigenvalue weighted by molar-refractivity contribution is 7.99. The number of alkyl halides is 3. The van der Waals surface area contributed by atoms with E-state index >= 15 is 0 Å². The van der Waals surface area contributed by atoms with E-state index in [1.54, 1.807) is 49.8 Å². The van der Waals surface area contributed by atoms with Gasteiger partial charge in [-0.25, -0.2) is 26.5 Å². The first kappa shape index (κ1) is 80.6. The van der Waals surface area contributed by atoms with Crippen molar-refractivity contribution >= 4 is 95.1 Å². The molecule has 3 fully saturated rings. The van der Waals surface area contributed by atoms with Crippen LogP contribution >= 0.6 is 34.7 Å². The Balaban J connectivity index is 0.671. The molecule has 4 aliphatic rings. The number of aromatic nitrogens is 1. The standard InChI is InChI=1S/C76H96ClF3N10O11S4/c1-51(53-13-15-55(16-14-53)69-52(2)81-50-103-69)82-72(94)66-43-61(91)47-90(66)73(95)70(74(3,4)5)84-68(92)48-101-42-41-100-40-39-87-33-31-86(32-34-87)30-28-59(49-102-62-11-9-8-10-12-62)83-65-26-25-63(44-67(65)104(96,97)76(78,79)80)105(98,99)85-71(93)56-19-23-60(24-20-56)89-37-35-88(36-38-89)46-57-45-75(6,7)29-27-64(57)54-17-21-58(77)22-18-54/h8-26,44,50-51,59,61,66,70,83,91H,27-43,45-49H2,1-7H3,(H,82,94)(H,84,92)(H,85,93)/t51-,59+,61+,66-,70+/m0/s1. The predicted molar refractivity (Wildman–Crippen MR) is 406 cm³/mol. The van der Waals surface area contributed by atoms with Gasteiger partial charge in [0.15, 0.2) is 0 Å². The molecular weight excluding hydrogens is 1450 g/mol. The van der Waals surface area contributed by atoms with E-state index in [0.29, 0.717) is 82.2 Å². The molecule has 29 heteroatoms. The monoisotopic (exact) mass is 1540 g/mol. The van der Waals surface area contributed by atoms with Crippen LogP contribution in [0.5, 0.6) is 0 Å². The van der Waals surface area contributed by atoms with Crippen LogP contribution in [0, 0.1) is 17.8 Å². The zero-order chi connectivity index (χ0) is 75.4. The van der Waals surface area contributed by atoms with Gasteiger partial charge in [-0.2, -0.15) is 13.2 Å². The second kappa shape index (κ2) is 35.4. The largest absolute Gasteiger partial charge is 0.501 e. The van der Waals surface area contributed by atoms with Gasteiger partial charge in [0.25, 0.3) is 25.8 Å². The molecule has 5 aromatic carbocycles. The molecule has 3 saturated heterocycles. The average molecular weight is 1550 g/mol. The third-order valence-electron chi connectivity index (χ3n) is 19.8. The molecule has 3 aliphatic heterocycles. The Morgan fingerprint density at radius 1 is 0.790 bits per heavy atom. The SMILES string of the molecule is Cc1ncsc1-c1ccc([C@H](C)NC(=O)[C@@H]2C[C@@H](O)CN2C(=O)[C@@H](NC(=O)COCCOCCN2CCN(CC[C@H](CSc3ccccc3)Nc3ccc(S(=O)(=O)NC(=O)c4ccc(N5CCN(CC6=C(c7ccc(Cl)cc7)CCC(C)(C)C6)CC5)cc4)cc3S(=O)(=O)C(F)(F)F)CC2)C(C)(C)C)cc1. The van der Waals surface area contributed by atoms with E-state index in [4.69, 9.17) is 21.1 Å². The Morgan fingerprint density at radius 3 is 2.09 bits per heavy atom. The van der Waals surface area contributed by atoms with Crippen molar-refractivity contribution in [2.24, 2.45) is 10.8 Å². The van der Waals surface area contributed by atoms with Gasteiger partial charge in [-0.15, -0.1) is 23.1 Å². The number of benzene rings is 5. The highest BCUT2D eigenvalue weighted by Gasteiger charge is 2.49. The number of sulfone groups is 1. The number of likely N-dealkylation sites (tertiary alicyclic amines) is 1. The lowest BCUT2D eigenvalue weighted by Gasteiger charge is -2.39. The van der Waals surface area contributed by atoms with E-state index in [1.807, 2.05) is 85.3 Å². The van der Waals surface area contributed by atoms with Crippen LogP contribution in [0.25, 0.3) is 16.0 Å². The molecule has 1 aliphatic carbocycles. The van der Waals surface area contributed by atoms with Crippen molar-refractivity contribution in [3.63, 3.8) is 0 Å². The summed E-state index contributed by atoms with van der Waals surface area (Å²) in [5.41, 5.74) is 2.57. The number of thiazole rings is 1. The maximum absolute atomic E-state index is 14.6. The lowest BCUT2D eigenvalue weighted by Crippen LogP contribution is -2.58. The summed E-state index contributed by atoms with van der Waals surface area (Å²) in [6.07, 6.45) is 2.57. The molecule has 10 rings (SSSR count). The van der Waals surface area contributed by atoms with Crippen molar-refractivity contribution in [2.45, 2.75) is 131 Å². The minimum Gasteiger partial charge on any atom is -0.391 e. The first-order chi connectivity index (χ1) is 49.8. The van der Waals surface area contributed by atoms with Gasteiger partial charge in [0.05, 0.1) is 58.6 Å². The molecule has 4 amide bonds. The molecule has 105 heavy (non-hydrogen) atoms. The number of carbonyl (C=O) groups is 4. The zero-order valence-corrected chi connectivity index (χ0v) is 64.4. The third kappa shape index (κ3) is 21.7. The molecule has 0 saturated carbocycles. The Kier molecular flexibility index (Phi) is 27.2. The van der Waals surface area contributed by atoms with E-state index in [2.05, 4.69) is 66.5 Å². The highest BCUT2D eigenvalue weighted by atomic mass is 35.5. The fraction of sp³-hybridized carbons (Fsp3) is 0.487. The lowest BCUT2D eigenvalue weighted by molar-refractivity contribution is -0.144. The molecule has 0 spiro atoms. The lowest BCUT2D eigenvalue weighted by atomic mass is 9.73. The van der Waals surface area contributed by atoms with Crippen molar-refractivity contribution in [1.29, 1.82) is 0 Å². The summed E-state index contributed by atoms with van der Waals surface area (Å²) in [4.78, 5) is 69.4. The fourth-order valence-corrected chi connectivity index (χ4v) is 17.7. The summed E-state index contributed by atoms with van der Waals surface area (Å²) in [6, 6.07) is 30.9. The topological polar surface area (TPSA) is 252 Å². The first-order valence-corrected chi connectivity index (χ1v) is 40.7. The number of nitrogens with one attached hydrogen (secondary N) is 4. The highest BCUT2D eigenvalue weighted by Crippen LogP contribution is 2.44. The van der Waals surface area contributed by atoms with Crippen LogP contribution in [0.15, 0.2) is 147 Å². The fourth-order valence-electron chi connectivity index (χ4n) is 13.7. The molecule has 568 valence electrons. The van der Waals surface area contributed by atoms with Gasteiger partial charge in [-0.3, -0.25) is 29.0 Å². The number of ether oxygens (including phenoxy) is 2. The molecule has 6 aromatic rings. The van der Waals surface area contributed by atoms with Crippen LogP contribution in [0.3, 0.4) is 0 Å². The van der Waals surface area contributed by atoms with Gasteiger partial charge in [0.2, 0.25) is 17.7 Å². The number of hydrogen-bond donors (Lipinski definition) is 5. The number of sulfonamides is 1. The summed E-state index contributed by atoms with van der Waals surface area (Å²) >= 11 is 9.20. The van der Waals surface area contributed by atoms with Crippen molar-refractivity contribution in [3.05, 3.63) is 160 Å². The minimum absolute atomic E-state index is 0.0323. The average Bonchev–Trinajstić information content (AvgIpc) is 0.922. The number of rotatable bonds is 30. The Hall–Kier alpha value is -6.96. The van der Waals surface area contributed by atoms with Crippen LogP contribution in [-0.2, 0) is 43.7 Å². The normalized spacial score (nSPS) is 18.9. The maximum atomic E-state index is 14.6. The molecule has 4 heterocycles. The smallest absolute Gasteiger partial charge is 0.391 e. The molecule has 0 radical (unpaired) electrons. The van der Waals surface area contributed by atoms with Crippen LogP contribution in [0.1, 0.15) is 107 Å². The Labute approximate surface area is 628 Å². The number of halogens is 4. The second-order valence-corrected chi connectivity index (χ2v) is 35.2. The number of thioether (sulfide) groups is 1. The first-order valence-electron chi connectivity index (χ1n) is 35.5. The number of allylic oxidation sites excluding steroid dienone is 1. The van der Waals surface area contributed by atoms with Gasteiger partial charge in [-0.05, 0) is 139 Å². The van der Waals surface area contributed by atoms with E-state index in [0.717, 1.165) is 83.3 Å². The van der Waals surface area contributed by atoms with E-state index in [1.165, 1.54) is 45.5 Å². The van der Waals surface area contributed by atoms with Gasteiger partial charge >= 0.3 is 5.51 Å². The van der Waals surface area contributed by atoms with Crippen molar-refractivity contribution in [3.8, 4) is 10.4 Å². The second-order valence-electron chi connectivity index (χ2n) is 29.3. The number of amides is 4. The number of aliphatic hydroxyl groups is 1. The number of hydrogen-bond acceptors (Lipinski definition) is 19.